The van der Waals surface area contributed by atoms with Crippen molar-refractivity contribution in [1.29, 1.82) is 0 Å². The molecule has 5 nitrogen and oxygen atoms in total. The first-order valence-electron chi connectivity index (χ1n) is 4.23. The first kappa shape index (κ1) is 8.50. The highest BCUT2D eigenvalue weighted by molar-refractivity contribution is 5.85. The Morgan fingerprint density at radius 1 is 1.38 bits per heavy atom. The highest BCUT2D eigenvalue weighted by atomic mass is 16.5. The van der Waals surface area contributed by atoms with Crippen LogP contribution in [0.4, 0.5) is 0 Å². The molecule has 13 heavy (non-hydrogen) atoms. The monoisotopic (exact) mass is 189 g/mol. The van der Waals surface area contributed by atoms with Crippen LogP contribution < -0.4 is 5.73 Å². The van der Waals surface area contributed by atoms with E-state index in [0.29, 0.717) is 12.8 Å². The zero-order valence-electron chi connectivity index (χ0n) is 6.93. The zero-order valence-corrected chi connectivity index (χ0v) is 6.93. The van der Waals surface area contributed by atoms with Crippen LogP contribution in [0.2, 0.25) is 0 Å². The summed E-state index contributed by atoms with van der Waals surface area (Å²) in [6.07, 6.45) is 1.03. The number of rotatable bonds is 2. The maximum absolute atomic E-state index is 10.8. The number of carboxylic acids is 2. The van der Waals surface area contributed by atoms with Crippen LogP contribution in [0.3, 0.4) is 0 Å². The summed E-state index contributed by atoms with van der Waals surface area (Å²) < 4.78 is 0. The van der Waals surface area contributed by atoms with Gasteiger partial charge in [-0.2, -0.15) is 0 Å². The van der Waals surface area contributed by atoms with Crippen molar-refractivity contribution in [3.8, 4) is 0 Å². The van der Waals surface area contributed by atoms with E-state index >= 15 is 0 Å². The van der Waals surface area contributed by atoms with Crippen molar-refractivity contribution in [2.45, 2.75) is 18.4 Å². The lowest BCUT2D eigenvalue weighted by atomic mass is 10.1. The second-order valence-electron chi connectivity index (χ2n) is 3.94. The minimum Gasteiger partial charge on any atom is -0.481 e. The molecule has 4 N–H and O–H groups in total. The Balaban J connectivity index is 2.20. The predicted molar refractivity (Wildman–Crippen MR) is 41.9 cm³/mol. The summed E-state index contributed by atoms with van der Waals surface area (Å²) in [7, 11) is 0. The van der Waals surface area contributed by atoms with Gasteiger partial charge in [0.25, 0.3) is 0 Å². The van der Waals surface area contributed by atoms with Crippen LogP contribution in [-0.4, -0.2) is 27.7 Å². The smallest absolute Gasteiger partial charge is 0.324 e. The van der Waals surface area contributed by atoms with Gasteiger partial charge in [0.1, 0.15) is 5.54 Å². The largest absolute Gasteiger partial charge is 0.481 e. The van der Waals surface area contributed by atoms with Crippen LogP contribution in [0.25, 0.3) is 0 Å². The molecule has 0 amide bonds. The van der Waals surface area contributed by atoms with Crippen molar-refractivity contribution in [2.24, 2.45) is 23.5 Å². The summed E-state index contributed by atoms with van der Waals surface area (Å²) in [5, 5.41) is 17.6. The molecular weight excluding hydrogens is 178 g/mol. The number of carbonyl (C=O) groups is 2. The third-order valence-electron chi connectivity index (χ3n) is 3.34. The zero-order chi connectivity index (χ0) is 9.80. The van der Waals surface area contributed by atoms with Gasteiger partial charge in [-0.15, -0.1) is 0 Å². The average molecular weight is 189 g/mol. The van der Waals surface area contributed by atoms with Gasteiger partial charge in [0.2, 0.25) is 0 Å². The Kier molecular flexibility index (Phi) is 1.46. The molecule has 0 spiro atoms. The van der Waals surface area contributed by atoms with E-state index in [9.17, 15) is 9.59 Å². The number of nitrogens with two attached hydrogens (primary N) is 1. The Labute approximate surface area is 74.5 Å². The van der Waals surface area contributed by atoms with E-state index in [2.05, 4.69) is 0 Å². The molecule has 0 heterocycles. The molecule has 0 bridgehead atoms. The van der Waals surface area contributed by atoms with Crippen molar-refractivity contribution in [3.05, 3.63) is 0 Å². The summed E-state index contributed by atoms with van der Waals surface area (Å²) in [5.41, 5.74) is 4.37. The van der Waals surface area contributed by atoms with Crippen LogP contribution in [0.5, 0.6) is 0 Å². The van der Waals surface area contributed by atoms with Crippen LogP contribution >= 0.6 is 0 Å². The molecule has 0 aromatic heterocycles. The van der Waals surface area contributed by atoms with Crippen molar-refractivity contribution in [2.75, 3.05) is 0 Å². The first-order chi connectivity index (χ1) is 5.98. The highest BCUT2D eigenvalue weighted by Crippen LogP contribution is 2.61. The molecule has 2 rings (SSSR count). The predicted octanol–water partition coefficient (Wildman–Crippen LogP) is -0.491. The van der Waals surface area contributed by atoms with Crippen molar-refractivity contribution >= 4 is 11.9 Å². The Morgan fingerprint density at radius 2 is 2.00 bits per heavy atom. The van der Waals surface area contributed by atoms with Gasteiger partial charge in [-0.05, 0) is 18.8 Å². The SMILES string of the molecule is [15NH2][C@@]1([13C](=O)O)CC[C@@H]2[C@H]1[13C@H]2[13C](=O)O. The number of hydrogen-bond acceptors (Lipinski definition) is 3. The van der Waals surface area contributed by atoms with Crippen LogP contribution in [-0.2, 0) is 9.59 Å². The fourth-order valence-electron chi connectivity index (χ4n) is 2.59. The molecule has 2 aliphatic carbocycles. The Morgan fingerprint density at radius 3 is 2.38 bits per heavy atom. The van der Waals surface area contributed by atoms with Crippen molar-refractivity contribution in [3.63, 3.8) is 0 Å². The minimum absolute atomic E-state index is 0.00130. The van der Waals surface area contributed by atoms with E-state index in [1.54, 1.807) is 0 Å². The number of aliphatic carboxylic acids is 2. The maximum atomic E-state index is 10.8. The molecule has 0 aromatic rings. The molecule has 2 aliphatic rings. The van der Waals surface area contributed by atoms with Gasteiger partial charge in [-0.3, -0.25) is 9.59 Å². The van der Waals surface area contributed by atoms with Crippen LogP contribution in [0, 0.1) is 17.8 Å². The second kappa shape index (κ2) is 2.23. The molecule has 72 valence electrons. The number of hydrogen-bond donors (Lipinski definition) is 3. The first-order valence-corrected chi connectivity index (χ1v) is 4.23. The van der Waals surface area contributed by atoms with Gasteiger partial charge in [-0.1, -0.05) is 0 Å². The van der Waals surface area contributed by atoms with Crippen molar-refractivity contribution < 1.29 is 19.8 Å². The fourth-order valence-corrected chi connectivity index (χ4v) is 2.59. The quantitative estimate of drug-likeness (QED) is 0.402. The Bertz CT molecular complexity index is 290. The standard InChI is InChI=1S/C8H11NO4/c9-8(7(12)13)2-1-3-4(5(3)8)6(10)11/h3-5H,1-2,9H2,(H,10,11)(H,12,13)/t3-,4-,5-,8-/m0/s1/i4+1,6+1,7+1,9+1. The maximum Gasteiger partial charge on any atom is 0.324 e. The highest BCUT2D eigenvalue weighted by Gasteiger charge is 2.69. The van der Waals surface area contributed by atoms with Gasteiger partial charge in [0.05, 0.1) is 5.92 Å². The van der Waals surface area contributed by atoms with E-state index in [1.165, 1.54) is 0 Å². The Hall–Kier alpha value is -1.10. The average Bonchev–Trinajstić information content (AvgIpc) is 2.66. The normalized spacial score (nSPS) is 47.0. The van der Waals surface area contributed by atoms with E-state index in [-0.39, 0.29) is 11.8 Å². The molecule has 2 fully saturated rings. The summed E-state index contributed by atoms with van der Waals surface area (Å²) in [4.78, 5) is 21.4. The van der Waals surface area contributed by atoms with Gasteiger partial charge < -0.3 is 15.9 Å². The van der Waals surface area contributed by atoms with Gasteiger partial charge in [0, 0.05) is 5.92 Å². The molecule has 5 heteroatoms. The van der Waals surface area contributed by atoms with Gasteiger partial charge >= 0.3 is 11.9 Å². The van der Waals surface area contributed by atoms with Gasteiger partial charge in [-0.25, -0.2) is 0 Å². The lowest BCUT2D eigenvalue weighted by Gasteiger charge is -2.20. The second-order valence-corrected chi connectivity index (χ2v) is 3.94. The molecular formula is C8H11NO4. The summed E-state index contributed by atoms with van der Waals surface area (Å²) in [5.74, 6) is -2.84. The minimum atomic E-state index is -1.28. The number of fused-ring (bicyclic) bond motifs is 1. The van der Waals surface area contributed by atoms with E-state index < -0.39 is 23.4 Å². The summed E-state index contributed by atoms with van der Waals surface area (Å²) >= 11 is 0. The van der Waals surface area contributed by atoms with Crippen molar-refractivity contribution in [1.82, 2.24) is 0 Å². The molecule has 0 unspecified atom stereocenters. The van der Waals surface area contributed by atoms with E-state index in [1.807, 2.05) is 0 Å². The lowest BCUT2D eigenvalue weighted by molar-refractivity contribution is -0.145. The summed E-state index contributed by atoms with van der Waals surface area (Å²) in [6, 6.07) is 0. The molecule has 4 atom stereocenters. The van der Waals surface area contributed by atoms with E-state index in [4.69, 9.17) is 15.9 Å². The van der Waals surface area contributed by atoms with E-state index in [0.717, 1.165) is 0 Å². The lowest BCUT2D eigenvalue weighted by Crippen LogP contribution is -2.49. The number of carboxylic acid groups (broad SMARTS) is 2. The molecule has 0 aliphatic heterocycles. The van der Waals surface area contributed by atoms with Crippen LogP contribution in [0.15, 0.2) is 0 Å². The molecule has 0 saturated heterocycles. The fraction of sp³-hybridized carbons (Fsp3) is 0.750. The topological polar surface area (TPSA) is 101 Å². The molecule has 2 saturated carbocycles. The molecule has 0 radical (unpaired) electrons. The molecule has 0 aromatic carbocycles. The third-order valence-corrected chi connectivity index (χ3v) is 3.34. The van der Waals surface area contributed by atoms with Crippen LogP contribution in [0.1, 0.15) is 12.8 Å². The van der Waals surface area contributed by atoms with Gasteiger partial charge in [0.15, 0.2) is 0 Å². The third kappa shape index (κ3) is 0.904. The summed E-state index contributed by atoms with van der Waals surface area (Å²) in [6.45, 7) is 0.